The van der Waals surface area contributed by atoms with Gasteiger partial charge in [0.15, 0.2) is 0 Å². The van der Waals surface area contributed by atoms with E-state index in [-0.39, 0.29) is 5.56 Å². The highest BCUT2D eigenvalue weighted by Crippen LogP contribution is 2.12. The van der Waals surface area contributed by atoms with Gasteiger partial charge in [0.25, 0.3) is 5.56 Å². The molecule has 0 radical (unpaired) electrons. The van der Waals surface area contributed by atoms with Crippen LogP contribution in [0.4, 0.5) is 5.82 Å². The lowest BCUT2D eigenvalue weighted by atomic mass is 10.1. The minimum absolute atomic E-state index is 0.0585. The van der Waals surface area contributed by atoms with Crippen LogP contribution in [0.2, 0.25) is 0 Å². The third-order valence-electron chi connectivity index (χ3n) is 3.19. The Morgan fingerprint density at radius 1 is 1.25 bits per heavy atom. The van der Waals surface area contributed by atoms with Crippen LogP contribution < -0.4 is 11.3 Å². The first kappa shape index (κ1) is 14.6. The second-order valence-corrected chi connectivity index (χ2v) is 5.03. The Morgan fingerprint density at radius 3 is 2.75 bits per heavy atom. The van der Waals surface area contributed by atoms with E-state index in [9.17, 15) is 4.79 Å². The molecule has 0 bridgehead atoms. The highest BCUT2D eigenvalue weighted by molar-refractivity contribution is 5.83. The van der Waals surface area contributed by atoms with Crippen molar-refractivity contribution in [2.75, 3.05) is 39.6 Å². The number of fused-ring (bicyclic) bond motifs is 1. The van der Waals surface area contributed by atoms with E-state index in [1.54, 1.807) is 4.57 Å². The van der Waals surface area contributed by atoms with E-state index in [1.165, 1.54) is 0 Å². The molecule has 2 N–H and O–H groups in total. The van der Waals surface area contributed by atoms with Gasteiger partial charge in [-0.15, -0.1) is 0 Å². The zero-order valence-electron chi connectivity index (χ0n) is 12.0. The van der Waals surface area contributed by atoms with Crippen LogP contribution in [0.15, 0.2) is 35.1 Å². The lowest BCUT2D eigenvalue weighted by molar-refractivity contribution is 0.111. The van der Waals surface area contributed by atoms with Gasteiger partial charge in [0.05, 0.1) is 19.8 Å². The minimum Gasteiger partial charge on any atom is -0.385 e. The Morgan fingerprint density at radius 2 is 2.00 bits per heavy atom. The van der Waals surface area contributed by atoms with Crippen LogP contribution in [-0.2, 0) is 11.3 Å². The molecule has 2 aromatic rings. The fourth-order valence-electron chi connectivity index (χ4n) is 2.05. The summed E-state index contributed by atoms with van der Waals surface area (Å²) in [6.07, 6.45) is 0. The van der Waals surface area contributed by atoms with Crippen molar-refractivity contribution >= 4 is 16.6 Å². The monoisotopic (exact) mass is 275 g/mol. The molecule has 1 aromatic carbocycles. The average Bonchev–Trinajstić information content (AvgIpc) is 2.41. The number of ether oxygens (including phenoxy) is 1. The van der Waals surface area contributed by atoms with Crippen molar-refractivity contribution in [2.24, 2.45) is 0 Å². The lowest BCUT2D eigenvalue weighted by Gasteiger charge is -2.13. The largest absolute Gasteiger partial charge is 0.385 e. The molecule has 5 nitrogen and oxygen atoms in total. The standard InChI is InChI=1S/C15H21N3O2/c1-17(2)7-9-20-10-8-18-14(16)11-12-5-3-4-6-13(12)15(18)19/h3-6,11H,7-10,16H2,1-2H3. The maximum Gasteiger partial charge on any atom is 0.260 e. The Bertz CT molecular complexity index is 635. The smallest absolute Gasteiger partial charge is 0.260 e. The van der Waals surface area contributed by atoms with Crippen LogP contribution >= 0.6 is 0 Å². The molecule has 0 aliphatic rings. The summed E-state index contributed by atoms with van der Waals surface area (Å²) in [5.41, 5.74) is 5.89. The summed E-state index contributed by atoms with van der Waals surface area (Å²) >= 11 is 0. The highest BCUT2D eigenvalue weighted by Gasteiger charge is 2.06. The van der Waals surface area contributed by atoms with E-state index in [2.05, 4.69) is 4.90 Å². The van der Waals surface area contributed by atoms with Crippen LogP contribution in [0.25, 0.3) is 10.8 Å². The molecule has 1 heterocycles. The zero-order chi connectivity index (χ0) is 14.5. The minimum atomic E-state index is -0.0585. The summed E-state index contributed by atoms with van der Waals surface area (Å²) < 4.78 is 7.08. The molecule has 0 saturated heterocycles. The Hall–Kier alpha value is -1.85. The molecule has 0 saturated carbocycles. The number of nitrogens with zero attached hydrogens (tertiary/aromatic N) is 2. The van der Waals surface area contributed by atoms with Gasteiger partial charge < -0.3 is 15.4 Å². The topological polar surface area (TPSA) is 60.5 Å². The van der Waals surface area contributed by atoms with Gasteiger partial charge in [-0.1, -0.05) is 18.2 Å². The van der Waals surface area contributed by atoms with E-state index in [1.807, 2.05) is 44.4 Å². The molecule has 0 atom stereocenters. The van der Waals surface area contributed by atoms with E-state index < -0.39 is 0 Å². The van der Waals surface area contributed by atoms with Crippen LogP contribution in [0.3, 0.4) is 0 Å². The summed E-state index contributed by atoms with van der Waals surface area (Å²) in [5.74, 6) is 0.477. The number of nitrogens with two attached hydrogens (primary N) is 1. The second kappa shape index (κ2) is 6.54. The molecule has 0 unspecified atom stereocenters. The average molecular weight is 275 g/mol. The van der Waals surface area contributed by atoms with Crippen molar-refractivity contribution in [3.8, 4) is 0 Å². The van der Waals surface area contributed by atoms with Crippen LogP contribution in [-0.4, -0.2) is 43.3 Å². The number of likely N-dealkylation sites (N-methyl/N-ethyl adjacent to an activating group) is 1. The summed E-state index contributed by atoms with van der Waals surface area (Å²) in [6, 6.07) is 9.30. The summed E-state index contributed by atoms with van der Waals surface area (Å²) in [6.45, 7) is 2.47. The molecule has 20 heavy (non-hydrogen) atoms. The van der Waals surface area contributed by atoms with Gasteiger partial charge in [0, 0.05) is 11.9 Å². The highest BCUT2D eigenvalue weighted by atomic mass is 16.5. The maximum atomic E-state index is 12.3. The van der Waals surface area contributed by atoms with Crippen LogP contribution in [0, 0.1) is 0 Å². The predicted octanol–water partition coefficient (Wildman–Crippen LogP) is 1.16. The summed E-state index contributed by atoms with van der Waals surface area (Å²) in [5, 5.41) is 1.56. The quantitative estimate of drug-likeness (QED) is 0.804. The molecular formula is C15H21N3O2. The predicted molar refractivity (Wildman–Crippen MR) is 82.0 cm³/mol. The summed E-state index contributed by atoms with van der Waals surface area (Å²) in [4.78, 5) is 14.4. The SMILES string of the molecule is CN(C)CCOCCn1c(N)cc2ccccc2c1=O. The fraction of sp³-hybridized carbons (Fsp3) is 0.400. The molecule has 108 valence electrons. The normalized spacial score (nSPS) is 11.3. The van der Waals surface area contributed by atoms with E-state index in [4.69, 9.17) is 10.5 Å². The number of rotatable bonds is 6. The lowest BCUT2D eigenvalue weighted by Crippen LogP contribution is -2.26. The second-order valence-electron chi connectivity index (χ2n) is 5.03. The molecule has 0 amide bonds. The fourth-order valence-corrected chi connectivity index (χ4v) is 2.05. The molecule has 0 aliphatic heterocycles. The first-order valence-electron chi connectivity index (χ1n) is 6.70. The van der Waals surface area contributed by atoms with Crippen molar-refractivity contribution in [3.05, 3.63) is 40.7 Å². The molecular weight excluding hydrogens is 254 g/mol. The van der Waals surface area contributed by atoms with Gasteiger partial charge >= 0.3 is 0 Å². The van der Waals surface area contributed by atoms with Gasteiger partial charge in [-0.2, -0.15) is 0 Å². The number of pyridine rings is 1. The van der Waals surface area contributed by atoms with Gasteiger partial charge in [-0.25, -0.2) is 0 Å². The van der Waals surface area contributed by atoms with Gasteiger partial charge in [-0.05, 0) is 31.6 Å². The molecule has 5 heteroatoms. The number of aromatic nitrogens is 1. The number of hydrogen-bond donors (Lipinski definition) is 1. The maximum absolute atomic E-state index is 12.3. The first-order chi connectivity index (χ1) is 9.59. The van der Waals surface area contributed by atoms with Crippen molar-refractivity contribution in [1.82, 2.24) is 9.47 Å². The van der Waals surface area contributed by atoms with Crippen LogP contribution in [0.1, 0.15) is 0 Å². The third kappa shape index (κ3) is 3.37. The molecule has 1 aromatic heterocycles. The van der Waals surface area contributed by atoms with Crippen LogP contribution in [0.5, 0.6) is 0 Å². The van der Waals surface area contributed by atoms with Crippen molar-refractivity contribution in [2.45, 2.75) is 6.54 Å². The molecule has 0 aliphatic carbocycles. The van der Waals surface area contributed by atoms with Gasteiger partial charge in [0.1, 0.15) is 5.82 Å². The summed E-state index contributed by atoms with van der Waals surface area (Å²) in [7, 11) is 3.99. The van der Waals surface area contributed by atoms with E-state index in [0.29, 0.717) is 31.0 Å². The Labute approximate surface area is 118 Å². The van der Waals surface area contributed by atoms with E-state index in [0.717, 1.165) is 11.9 Å². The molecule has 0 fully saturated rings. The van der Waals surface area contributed by atoms with Crippen molar-refractivity contribution in [1.29, 1.82) is 0 Å². The number of anilines is 1. The van der Waals surface area contributed by atoms with Gasteiger partial charge in [0.2, 0.25) is 0 Å². The third-order valence-corrected chi connectivity index (χ3v) is 3.19. The molecule has 2 rings (SSSR count). The Balaban J connectivity index is 2.08. The Kier molecular flexibility index (Phi) is 4.76. The number of hydrogen-bond acceptors (Lipinski definition) is 4. The van der Waals surface area contributed by atoms with E-state index >= 15 is 0 Å². The number of benzene rings is 1. The number of nitrogen functional groups attached to an aromatic ring is 1. The zero-order valence-corrected chi connectivity index (χ0v) is 12.0. The van der Waals surface area contributed by atoms with Gasteiger partial charge in [-0.3, -0.25) is 9.36 Å². The van der Waals surface area contributed by atoms with Crippen molar-refractivity contribution in [3.63, 3.8) is 0 Å². The van der Waals surface area contributed by atoms with Crippen molar-refractivity contribution < 1.29 is 4.74 Å². The first-order valence-corrected chi connectivity index (χ1v) is 6.70. The molecule has 0 spiro atoms.